The van der Waals surface area contributed by atoms with Gasteiger partial charge >= 0.3 is 18.0 Å². The molecular formula is C27H38N2O8. The normalized spacial score (nSPS) is 15.6. The smallest absolute Gasteiger partial charge is 0.409 e. The molecule has 2 rings (SSSR count). The van der Waals surface area contributed by atoms with Crippen LogP contribution in [-0.4, -0.2) is 80.3 Å². The number of benzene rings is 1. The predicted octanol–water partition coefficient (Wildman–Crippen LogP) is 2.98. The highest BCUT2D eigenvalue weighted by atomic mass is 16.6. The number of ether oxygens (including phenoxy) is 5. The van der Waals surface area contributed by atoms with Gasteiger partial charge in [0.2, 0.25) is 5.54 Å². The minimum atomic E-state index is -1.94. The summed E-state index contributed by atoms with van der Waals surface area (Å²) >= 11 is 0. The summed E-state index contributed by atoms with van der Waals surface area (Å²) in [6, 6.07) is 9.21. The number of rotatable bonds is 15. The van der Waals surface area contributed by atoms with Gasteiger partial charge in [-0.1, -0.05) is 62.6 Å². The van der Waals surface area contributed by atoms with Crippen LogP contribution >= 0.6 is 0 Å². The summed E-state index contributed by atoms with van der Waals surface area (Å²) in [5.74, 6) is -1.67. The first-order valence-electron chi connectivity index (χ1n) is 12.4. The van der Waals surface area contributed by atoms with Gasteiger partial charge in [0.15, 0.2) is 0 Å². The number of nitrogens with zero attached hydrogens (tertiary/aromatic N) is 1. The van der Waals surface area contributed by atoms with Crippen LogP contribution in [0.3, 0.4) is 0 Å². The number of esters is 2. The molecule has 1 fully saturated rings. The first-order valence-corrected chi connectivity index (χ1v) is 12.4. The SMILES string of the molecule is C=CCOC(=O)C(CC(CC)(NC(=O)OCc1ccccc1)OCC)(C(=O)OCC=C)N1CCOCC1. The summed E-state index contributed by atoms with van der Waals surface area (Å²) in [6.45, 7) is 11.8. The zero-order valence-corrected chi connectivity index (χ0v) is 21.7. The third-order valence-corrected chi connectivity index (χ3v) is 5.97. The lowest BCUT2D eigenvalue weighted by atomic mass is 9.84. The Morgan fingerprint density at radius 2 is 1.59 bits per heavy atom. The molecule has 37 heavy (non-hydrogen) atoms. The molecular weight excluding hydrogens is 480 g/mol. The Balaban J connectivity index is 2.45. The summed E-state index contributed by atoms with van der Waals surface area (Å²) in [5, 5.41) is 2.77. The molecule has 0 spiro atoms. The molecule has 1 saturated heterocycles. The molecule has 1 heterocycles. The molecule has 10 nitrogen and oxygen atoms in total. The van der Waals surface area contributed by atoms with Crippen molar-refractivity contribution in [1.29, 1.82) is 0 Å². The molecule has 1 aromatic rings. The van der Waals surface area contributed by atoms with E-state index in [0.29, 0.717) is 13.2 Å². The Morgan fingerprint density at radius 1 is 1.00 bits per heavy atom. The van der Waals surface area contributed by atoms with E-state index in [-0.39, 0.29) is 52.4 Å². The minimum absolute atomic E-state index is 0.0377. The molecule has 1 aromatic carbocycles. The topological polar surface area (TPSA) is 113 Å². The number of hydrogen-bond acceptors (Lipinski definition) is 9. The number of morpholine rings is 1. The van der Waals surface area contributed by atoms with Gasteiger partial charge in [-0.05, 0) is 18.9 Å². The standard InChI is InChI=1S/C27H38N2O8/c1-5-16-34-23(30)27(24(31)35-17-6-2,29-14-18-33-19-15-29)21-26(7-3,37-8-4)28-25(32)36-20-22-12-10-9-11-13-22/h5-6,9-13H,1-2,7-8,14-21H2,3-4H3,(H,28,32). The van der Waals surface area contributed by atoms with E-state index in [2.05, 4.69) is 18.5 Å². The number of carbonyl (C=O) groups excluding carboxylic acids is 3. The van der Waals surface area contributed by atoms with Crippen LogP contribution in [0.1, 0.15) is 32.3 Å². The van der Waals surface area contributed by atoms with Gasteiger partial charge in [-0.15, -0.1) is 0 Å². The van der Waals surface area contributed by atoms with Crippen molar-refractivity contribution >= 4 is 18.0 Å². The van der Waals surface area contributed by atoms with Gasteiger partial charge in [0, 0.05) is 26.1 Å². The molecule has 1 aliphatic heterocycles. The monoisotopic (exact) mass is 518 g/mol. The van der Waals surface area contributed by atoms with E-state index in [1.54, 1.807) is 18.7 Å². The van der Waals surface area contributed by atoms with Crippen LogP contribution < -0.4 is 5.32 Å². The maximum atomic E-state index is 13.6. The number of nitrogens with one attached hydrogen (secondary N) is 1. The van der Waals surface area contributed by atoms with Crippen LogP contribution in [0, 0.1) is 0 Å². The zero-order valence-electron chi connectivity index (χ0n) is 21.7. The fraction of sp³-hybridized carbons (Fsp3) is 0.519. The van der Waals surface area contributed by atoms with Crippen LogP contribution in [0.2, 0.25) is 0 Å². The van der Waals surface area contributed by atoms with Crippen molar-refractivity contribution in [3.8, 4) is 0 Å². The molecule has 1 atom stereocenters. The summed E-state index contributed by atoms with van der Waals surface area (Å²) < 4.78 is 27.8. The van der Waals surface area contributed by atoms with Gasteiger partial charge in [-0.3, -0.25) is 10.2 Å². The molecule has 10 heteroatoms. The van der Waals surface area contributed by atoms with Crippen molar-refractivity contribution in [3.63, 3.8) is 0 Å². The average molecular weight is 519 g/mol. The molecule has 0 aliphatic carbocycles. The van der Waals surface area contributed by atoms with Crippen LogP contribution in [0.5, 0.6) is 0 Å². The number of carbonyl (C=O) groups is 3. The minimum Gasteiger partial charge on any atom is -0.460 e. The van der Waals surface area contributed by atoms with Gasteiger partial charge < -0.3 is 23.7 Å². The summed E-state index contributed by atoms with van der Waals surface area (Å²) in [4.78, 5) is 41.9. The molecule has 1 amide bonds. The van der Waals surface area contributed by atoms with E-state index in [0.717, 1.165) is 5.56 Å². The van der Waals surface area contributed by atoms with E-state index in [4.69, 9.17) is 23.7 Å². The summed E-state index contributed by atoms with van der Waals surface area (Å²) in [7, 11) is 0. The maximum absolute atomic E-state index is 13.6. The fourth-order valence-corrected chi connectivity index (χ4v) is 4.13. The van der Waals surface area contributed by atoms with Gasteiger partial charge in [0.25, 0.3) is 0 Å². The van der Waals surface area contributed by atoms with E-state index < -0.39 is 29.3 Å². The summed E-state index contributed by atoms with van der Waals surface area (Å²) in [6.07, 6.45) is 2.00. The second-order valence-corrected chi connectivity index (χ2v) is 8.38. The predicted molar refractivity (Wildman–Crippen MR) is 136 cm³/mol. The lowest BCUT2D eigenvalue weighted by molar-refractivity contribution is -0.188. The Morgan fingerprint density at radius 3 is 2.11 bits per heavy atom. The van der Waals surface area contributed by atoms with Crippen molar-refractivity contribution in [1.82, 2.24) is 10.2 Å². The van der Waals surface area contributed by atoms with E-state index in [1.807, 2.05) is 30.3 Å². The van der Waals surface area contributed by atoms with E-state index >= 15 is 0 Å². The van der Waals surface area contributed by atoms with Gasteiger partial charge in [-0.2, -0.15) is 0 Å². The maximum Gasteiger partial charge on any atom is 0.409 e. The van der Waals surface area contributed by atoms with E-state index in [1.165, 1.54) is 12.2 Å². The average Bonchev–Trinajstić information content (AvgIpc) is 2.93. The van der Waals surface area contributed by atoms with Crippen molar-refractivity contribution < 1.29 is 38.1 Å². The Labute approximate surface area is 218 Å². The van der Waals surface area contributed by atoms with Gasteiger partial charge in [0.1, 0.15) is 25.5 Å². The van der Waals surface area contributed by atoms with Gasteiger partial charge in [0.05, 0.1) is 13.2 Å². The number of hydrogen-bond donors (Lipinski definition) is 1. The lowest BCUT2D eigenvalue weighted by Crippen LogP contribution is -2.69. The number of alkyl carbamates (subject to hydrolysis) is 1. The van der Waals surface area contributed by atoms with Crippen molar-refractivity contribution in [3.05, 3.63) is 61.2 Å². The fourth-order valence-electron chi connectivity index (χ4n) is 4.13. The highest BCUT2D eigenvalue weighted by molar-refractivity contribution is 6.05. The molecule has 0 aromatic heterocycles. The molecule has 0 radical (unpaired) electrons. The van der Waals surface area contributed by atoms with Crippen molar-refractivity contribution in [2.45, 2.75) is 44.6 Å². The van der Waals surface area contributed by atoms with Crippen LogP contribution in [0.15, 0.2) is 55.6 Å². The highest BCUT2D eigenvalue weighted by Crippen LogP contribution is 2.34. The molecule has 1 N–H and O–H groups in total. The lowest BCUT2D eigenvalue weighted by Gasteiger charge is -2.46. The Hall–Kier alpha value is -3.21. The second-order valence-electron chi connectivity index (χ2n) is 8.38. The quantitative estimate of drug-likeness (QED) is 0.123. The first-order chi connectivity index (χ1) is 17.9. The van der Waals surface area contributed by atoms with Crippen molar-refractivity contribution in [2.24, 2.45) is 0 Å². The molecule has 0 bridgehead atoms. The van der Waals surface area contributed by atoms with Crippen LogP contribution in [0.25, 0.3) is 0 Å². The molecule has 0 saturated carbocycles. The summed E-state index contributed by atoms with van der Waals surface area (Å²) in [5.41, 5.74) is -2.59. The van der Waals surface area contributed by atoms with Crippen molar-refractivity contribution in [2.75, 3.05) is 46.1 Å². The number of amides is 1. The second kappa shape index (κ2) is 15.1. The molecule has 1 aliphatic rings. The largest absolute Gasteiger partial charge is 0.460 e. The van der Waals surface area contributed by atoms with Crippen LogP contribution in [0.4, 0.5) is 4.79 Å². The third-order valence-electron chi connectivity index (χ3n) is 5.97. The third kappa shape index (κ3) is 8.14. The Bertz CT molecular complexity index is 877. The van der Waals surface area contributed by atoms with Gasteiger partial charge in [-0.25, -0.2) is 14.4 Å². The van der Waals surface area contributed by atoms with E-state index in [9.17, 15) is 14.4 Å². The van der Waals surface area contributed by atoms with Crippen LogP contribution in [-0.2, 0) is 39.9 Å². The highest BCUT2D eigenvalue weighted by Gasteiger charge is 2.59. The zero-order chi connectivity index (χ0) is 27.2. The first kappa shape index (κ1) is 30.0. The molecule has 204 valence electrons. The Kier molecular flexibility index (Phi) is 12.3. The molecule has 1 unspecified atom stereocenters.